The zero-order valence-electron chi connectivity index (χ0n) is 10.6. The number of nitrogens with one attached hydrogen (secondary N) is 1. The lowest BCUT2D eigenvalue weighted by Crippen LogP contribution is -2.26. The quantitative estimate of drug-likeness (QED) is 0.873. The molecule has 1 N–H and O–H groups in total. The second-order valence-electron chi connectivity index (χ2n) is 4.40. The molecule has 0 fully saturated rings. The van der Waals surface area contributed by atoms with E-state index in [1.807, 2.05) is 30.2 Å². The van der Waals surface area contributed by atoms with Gasteiger partial charge in [-0.05, 0) is 32.5 Å². The molecule has 0 aliphatic carbocycles. The van der Waals surface area contributed by atoms with Crippen molar-refractivity contribution in [1.82, 2.24) is 15.1 Å². The fourth-order valence-electron chi connectivity index (χ4n) is 2.13. The molecule has 2 rings (SSSR count). The minimum absolute atomic E-state index is 0.274. The lowest BCUT2D eigenvalue weighted by Gasteiger charge is -2.24. The lowest BCUT2D eigenvalue weighted by atomic mass is 10.00. The largest absolute Gasteiger partial charge is 0.311 e. The first-order valence-corrected chi connectivity index (χ1v) is 5.95. The average Bonchev–Trinajstić information content (AvgIpc) is 2.86. The Labute approximate surface area is 102 Å². The van der Waals surface area contributed by atoms with Gasteiger partial charge in [0.2, 0.25) is 0 Å². The molecule has 0 bridgehead atoms. The molecule has 90 valence electrons. The Morgan fingerprint density at radius 3 is 2.47 bits per heavy atom. The van der Waals surface area contributed by atoms with E-state index >= 15 is 0 Å². The zero-order valence-corrected chi connectivity index (χ0v) is 10.6. The van der Waals surface area contributed by atoms with E-state index in [0.717, 1.165) is 0 Å². The summed E-state index contributed by atoms with van der Waals surface area (Å²) in [7, 11) is 1.99. The number of likely N-dealkylation sites (N-methyl/N-ethyl adjacent to an activating group) is 1. The summed E-state index contributed by atoms with van der Waals surface area (Å²) in [5.41, 5.74) is 2.58. The van der Waals surface area contributed by atoms with Crippen molar-refractivity contribution in [1.29, 1.82) is 0 Å². The van der Waals surface area contributed by atoms with Gasteiger partial charge >= 0.3 is 0 Å². The van der Waals surface area contributed by atoms with Crippen LogP contribution in [0.4, 0.5) is 0 Å². The summed E-state index contributed by atoms with van der Waals surface area (Å²) in [6, 6.07) is 11.2. The van der Waals surface area contributed by atoms with Crippen molar-refractivity contribution in [3.63, 3.8) is 0 Å². The van der Waals surface area contributed by atoms with Crippen molar-refractivity contribution in [2.75, 3.05) is 7.05 Å². The van der Waals surface area contributed by atoms with Crippen LogP contribution < -0.4 is 5.32 Å². The minimum Gasteiger partial charge on any atom is -0.311 e. The van der Waals surface area contributed by atoms with Crippen LogP contribution in [0.5, 0.6) is 0 Å². The van der Waals surface area contributed by atoms with Gasteiger partial charge in [0, 0.05) is 12.4 Å². The van der Waals surface area contributed by atoms with Crippen molar-refractivity contribution in [2.45, 2.75) is 25.9 Å². The van der Waals surface area contributed by atoms with Crippen molar-refractivity contribution < 1.29 is 0 Å². The summed E-state index contributed by atoms with van der Waals surface area (Å²) >= 11 is 0. The monoisotopic (exact) mass is 229 g/mol. The lowest BCUT2D eigenvalue weighted by molar-refractivity contribution is 0.372. The third-order valence-electron chi connectivity index (χ3n) is 3.17. The van der Waals surface area contributed by atoms with Crippen LogP contribution in [-0.2, 0) is 0 Å². The number of aryl methyl sites for hydroxylation is 1. The molecule has 0 radical (unpaired) electrons. The van der Waals surface area contributed by atoms with E-state index in [2.05, 4.69) is 48.5 Å². The molecule has 17 heavy (non-hydrogen) atoms. The summed E-state index contributed by atoms with van der Waals surface area (Å²) in [6.45, 7) is 4.28. The molecule has 0 aliphatic heterocycles. The molecule has 2 unspecified atom stereocenters. The Kier molecular flexibility index (Phi) is 3.59. The van der Waals surface area contributed by atoms with Crippen molar-refractivity contribution in [2.24, 2.45) is 0 Å². The molecule has 2 aromatic rings. The highest BCUT2D eigenvalue weighted by molar-refractivity contribution is 5.24. The molecule has 3 heteroatoms. The van der Waals surface area contributed by atoms with Gasteiger partial charge in [0.05, 0.1) is 12.1 Å². The Balaban J connectivity index is 2.24. The van der Waals surface area contributed by atoms with Gasteiger partial charge in [0.25, 0.3) is 0 Å². The van der Waals surface area contributed by atoms with Crippen LogP contribution in [-0.4, -0.2) is 16.8 Å². The molecule has 2 atom stereocenters. The normalized spacial score (nSPS) is 14.5. The number of aromatic nitrogens is 2. The van der Waals surface area contributed by atoms with Crippen LogP contribution in [0.2, 0.25) is 0 Å². The molecular weight excluding hydrogens is 210 g/mol. The average molecular weight is 229 g/mol. The van der Waals surface area contributed by atoms with E-state index < -0.39 is 0 Å². The van der Waals surface area contributed by atoms with Gasteiger partial charge < -0.3 is 5.32 Å². The molecule has 1 aromatic heterocycles. The Morgan fingerprint density at radius 1 is 1.24 bits per heavy atom. The number of hydrogen-bond acceptors (Lipinski definition) is 2. The van der Waals surface area contributed by atoms with Gasteiger partial charge in [-0.2, -0.15) is 5.10 Å². The Bertz CT molecular complexity index is 445. The number of benzene rings is 1. The smallest absolute Gasteiger partial charge is 0.0685 e. The van der Waals surface area contributed by atoms with Gasteiger partial charge in [0.1, 0.15) is 0 Å². The van der Waals surface area contributed by atoms with E-state index in [9.17, 15) is 0 Å². The molecule has 0 spiro atoms. The third-order valence-corrected chi connectivity index (χ3v) is 3.17. The summed E-state index contributed by atoms with van der Waals surface area (Å²) in [4.78, 5) is 0. The first kappa shape index (κ1) is 11.9. The van der Waals surface area contributed by atoms with Gasteiger partial charge in [-0.1, -0.05) is 29.8 Å². The minimum atomic E-state index is 0.274. The summed E-state index contributed by atoms with van der Waals surface area (Å²) < 4.78 is 1.99. The maximum atomic E-state index is 4.30. The van der Waals surface area contributed by atoms with Gasteiger partial charge in [-0.25, -0.2) is 0 Å². The third kappa shape index (κ3) is 2.56. The number of rotatable bonds is 4. The molecule has 3 nitrogen and oxygen atoms in total. The van der Waals surface area contributed by atoms with Crippen LogP contribution in [0.15, 0.2) is 42.7 Å². The highest BCUT2D eigenvalue weighted by atomic mass is 15.3. The SMILES string of the molecule is CNC(c1ccc(C)cc1)C(C)n1cccn1. The van der Waals surface area contributed by atoms with Crippen LogP contribution in [0.3, 0.4) is 0 Å². The fraction of sp³-hybridized carbons (Fsp3) is 0.357. The molecule has 0 saturated heterocycles. The second kappa shape index (κ2) is 5.15. The molecule has 0 amide bonds. The number of hydrogen-bond donors (Lipinski definition) is 1. The zero-order chi connectivity index (χ0) is 12.3. The van der Waals surface area contributed by atoms with E-state index in [1.165, 1.54) is 11.1 Å². The van der Waals surface area contributed by atoms with E-state index in [-0.39, 0.29) is 12.1 Å². The summed E-state index contributed by atoms with van der Waals surface area (Å²) in [6.07, 6.45) is 3.82. The van der Waals surface area contributed by atoms with Crippen LogP contribution in [0.25, 0.3) is 0 Å². The van der Waals surface area contributed by atoms with Crippen LogP contribution >= 0.6 is 0 Å². The molecule has 1 aromatic carbocycles. The van der Waals surface area contributed by atoms with Crippen molar-refractivity contribution in [3.8, 4) is 0 Å². The maximum Gasteiger partial charge on any atom is 0.0685 e. The first-order chi connectivity index (χ1) is 8.22. The Morgan fingerprint density at radius 2 is 1.94 bits per heavy atom. The second-order valence-corrected chi connectivity index (χ2v) is 4.40. The van der Waals surface area contributed by atoms with Gasteiger partial charge in [-0.15, -0.1) is 0 Å². The molecule has 1 heterocycles. The van der Waals surface area contributed by atoms with Crippen molar-refractivity contribution >= 4 is 0 Å². The fourth-order valence-corrected chi connectivity index (χ4v) is 2.13. The molecule has 0 saturated carbocycles. The van der Waals surface area contributed by atoms with Crippen molar-refractivity contribution in [3.05, 3.63) is 53.9 Å². The summed E-state index contributed by atoms with van der Waals surface area (Å²) in [5, 5.41) is 7.67. The Hall–Kier alpha value is -1.61. The van der Waals surface area contributed by atoms with E-state index in [1.54, 1.807) is 0 Å². The predicted molar refractivity (Wildman–Crippen MR) is 69.9 cm³/mol. The van der Waals surface area contributed by atoms with Crippen LogP contribution in [0, 0.1) is 6.92 Å². The highest BCUT2D eigenvalue weighted by Crippen LogP contribution is 2.25. The molecule has 0 aliphatic rings. The van der Waals surface area contributed by atoms with E-state index in [0.29, 0.717) is 0 Å². The van der Waals surface area contributed by atoms with Gasteiger partial charge in [0.15, 0.2) is 0 Å². The van der Waals surface area contributed by atoms with E-state index in [4.69, 9.17) is 0 Å². The standard InChI is InChI=1S/C14H19N3/c1-11-5-7-13(8-6-11)14(15-3)12(2)17-10-4-9-16-17/h4-10,12,14-15H,1-3H3. The summed E-state index contributed by atoms with van der Waals surface area (Å²) in [5.74, 6) is 0. The predicted octanol–water partition coefficient (Wildman–Crippen LogP) is 2.71. The van der Waals surface area contributed by atoms with Crippen LogP contribution in [0.1, 0.15) is 30.1 Å². The maximum absolute atomic E-state index is 4.30. The topological polar surface area (TPSA) is 29.9 Å². The first-order valence-electron chi connectivity index (χ1n) is 5.95. The van der Waals surface area contributed by atoms with Gasteiger partial charge in [-0.3, -0.25) is 4.68 Å². The molecular formula is C14H19N3. The highest BCUT2D eigenvalue weighted by Gasteiger charge is 2.18. The number of nitrogens with zero attached hydrogens (tertiary/aromatic N) is 2.